The lowest BCUT2D eigenvalue weighted by molar-refractivity contribution is -0.116. The van der Waals surface area contributed by atoms with Crippen molar-refractivity contribution in [2.24, 2.45) is 0 Å². The first-order valence-corrected chi connectivity index (χ1v) is 15.4. The Morgan fingerprint density at radius 2 is 1.63 bits per heavy atom. The largest absolute Gasteiger partial charge is 0.361 e. The highest BCUT2D eigenvalue weighted by atomic mass is 79.9. The number of anilines is 2. The number of para-hydroxylation sites is 2. The molecule has 1 atom stereocenters. The Bertz CT molecular complexity index is 1800. The predicted molar refractivity (Wildman–Crippen MR) is 178 cm³/mol. The van der Waals surface area contributed by atoms with Gasteiger partial charge in [-0.05, 0) is 77.0 Å². The number of carbonyl (C=O) groups is 3. The summed E-state index contributed by atoms with van der Waals surface area (Å²) in [7, 11) is 0. The highest BCUT2D eigenvalue weighted by molar-refractivity contribution is 9.10. The number of halogens is 1. The van der Waals surface area contributed by atoms with Crippen LogP contribution in [-0.4, -0.2) is 28.0 Å². The van der Waals surface area contributed by atoms with E-state index in [0.717, 1.165) is 25.8 Å². The van der Waals surface area contributed by atoms with Gasteiger partial charge in [0.1, 0.15) is 5.70 Å². The number of amides is 3. The minimum absolute atomic E-state index is 0.0934. The molecule has 0 spiro atoms. The van der Waals surface area contributed by atoms with Crippen molar-refractivity contribution in [2.45, 2.75) is 23.5 Å². The molecule has 1 heterocycles. The minimum atomic E-state index is -0.476. The molecule has 0 aliphatic heterocycles. The number of thioether (sulfide) groups is 1. The summed E-state index contributed by atoms with van der Waals surface area (Å²) in [4.78, 5) is 43.7. The molecule has 7 nitrogen and oxygen atoms in total. The van der Waals surface area contributed by atoms with Crippen LogP contribution in [0.2, 0.25) is 0 Å². The number of aromatic nitrogens is 1. The lowest BCUT2D eigenvalue weighted by atomic mass is 10.1. The van der Waals surface area contributed by atoms with Gasteiger partial charge in [0, 0.05) is 43.3 Å². The number of hydrogen-bond acceptors (Lipinski definition) is 4. The second-order valence-corrected chi connectivity index (χ2v) is 11.8. The maximum absolute atomic E-state index is 13.6. The number of fused-ring (bicyclic) bond motifs is 1. The van der Waals surface area contributed by atoms with E-state index in [9.17, 15) is 14.4 Å². The molecule has 0 radical (unpaired) electrons. The maximum atomic E-state index is 13.6. The molecule has 4 aromatic carbocycles. The Balaban J connectivity index is 1.35. The summed E-state index contributed by atoms with van der Waals surface area (Å²) in [6.45, 7) is 1.96. The van der Waals surface area contributed by atoms with Gasteiger partial charge in [-0.15, -0.1) is 11.8 Å². The Labute approximate surface area is 262 Å². The van der Waals surface area contributed by atoms with Gasteiger partial charge in [-0.25, -0.2) is 0 Å². The summed E-state index contributed by atoms with van der Waals surface area (Å²) in [6.07, 6.45) is 4.07. The zero-order chi connectivity index (χ0) is 30.2. The van der Waals surface area contributed by atoms with Crippen molar-refractivity contribution in [2.75, 3.05) is 10.6 Å². The van der Waals surface area contributed by atoms with Gasteiger partial charge in [0.2, 0.25) is 5.91 Å². The zero-order valence-electron chi connectivity index (χ0n) is 23.3. The van der Waals surface area contributed by atoms with Crippen molar-refractivity contribution in [3.63, 3.8) is 0 Å². The van der Waals surface area contributed by atoms with Gasteiger partial charge in [0.15, 0.2) is 0 Å². The number of H-pyrrole nitrogens is 1. The van der Waals surface area contributed by atoms with E-state index in [1.807, 2.05) is 79.7 Å². The average Bonchev–Trinajstić information content (AvgIpc) is 3.44. The van der Waals surface area contributed by atoms with Crippen LogP contribution in [0.15, 0.2) is 124 Å². The molecule has 0 saturated heterocycles. The summed E-state index contributed by atoms with van der Waals surface area (Å²) in [5.74, 6) is -0.982. The lowest BCUT2D eigenvalue weighted by Gasteiger charge is -2.16. The van der Waals surface area contributed by atoms with Gasteiger partial charge < -0.3 is 20.9 Å². The fraction of sp³-hybridized carbons (Fsp3) is 0.0882. The summed E-state index contributed by atoms with van der Waals surface area (Å²) in [6, 6.07) is 31.3. The van der Waals surface area contributed by atoms with Crippen LogP contribution in [0.3, 0.4) is 0 Å². The molecule has 0 fully saturated rings. The number of aromatic amines is 1. The van der Waals surface area contributed by atoms with Crippen LogP contribution in [-0.2, 0) is 9.59 Å². The number of carbonyl (C=O) groups excluding carboxylic acids is 3. The molecule has 4 N–H and O–H groups in total. The molecule has 0 saturated carbocycles. The zero-order valence-corrected chi connectivity index (χ0v) is 25.7. The Morgan fingerprint density at radius 1 is 0.884 bits per heavy atom. The van der Waals surface area contributed by atoms with Crippen LogP contribution in [0.25, 0.3) is 17.0 Å². The van der Waals surface area contributed by atoms with Gasteiger partial charge in [0.05, 0.1) is 10.9 Å². The number of nitrogens with one attached hydrogen (secondary N) is 4. The first-order valence-electron chi connectivity index (χ1n) is 13.7. The Morgan fingerprint density at radius 3 is 2.42 bits per heavy atom. The van der Waals surface area contributed by atoms with E-state index in [1.165, 1.54) is 11.8 Å². The highest BCUT2D eigenvalue weighted by Gasteiger charge is 2.20. The lowest BCUT2D eigenvalue weighted by Crippen LogP contribution is -2.30. The van der Waals surface area contributed by atoms with Gasteiger partial charge >= 0.3 is 0 Å². The Kier molecular flexibility index (Phi) is 9.76. The van der Waals surface area contributed by atoms with Crippen molar-refractivity contribution in [1.82, 2.24) is 10.3 Å². The van der Waals surface area contributed by atoms with Crippen LogP contribution >= 0.6 is 27.7 Å². The van der Waals surface area contributed by atoms with E-state index in [4.69, 9.17) is 0 Å². The second-order valence-electron chi connectivity index (χ2n) is 9.63. The Hall–Kier alpha value is -4.60. The molecule has 3 amide bonds. The van der Waals surface area contributed by atoms with Crippen LogP contribution < -0.4 is 16.0 Å². The van der Waals surface area contributed by atoms with Crippen molar-refractivity contribution in [3.8, 4) is 0 Å². The summed E-state index contributed by atoms with van der Waals surface area (Å²) >= 11 is 4.89. The third kappa shape index (κ3) is 7.63. The second kappa shape index (κ2) is 14.0. The standard InChI is InChI=1S/C34H29BrN4O3S/c1-2-31(34(42)38-29-18-9-7-16-27(29)35)43-25-14-10-13-24(20-25)37-33(41)30(39-32(40)22-11-4-3-5-12-22)19-23-21-36-28-17-8-6-15-26(23)28/h3-21,31,36H,2H2,1H3,(H,37,41)(H,38,42)(H,39,40)/b30-19-. The number of hydrogen-bond donors (Lipinski definition) is 4. The van der Waals surface area contributed by atoms with E-state index in [-0.39, 0.29) is 16.9 Å². The molecule has 5 rings (SSSR count). The molecule has 1 aromatic heterocycles. The van der Waals surface area contributed by atoms with Crippen molar-refractivity contribution >= 4 is 73.8 Å². The molecule has 0 aliphatic rings. The normalized spacial score (nSPS) is 12.0. The number of benzene rings is 4. The fourth-order valence-electron chi connectivity index (χ4n) is 4.42. The summed E-state index contributed by atoms with van der Waals surface area (Å²) < 4.78 is 0.809. The monoisotopic (exact) mass is 652 g/mol. The molecule has 0 bridgehead atoms. The fourth-order valence-corrected chi connectivity index (χ4v) is 5.82. The van der Waals surface area contributed by atoms with Crippen molar-refractivity contribution in [3.05, 3.63) is 131 Å². The third-order valence-corrected chi connectivity index (χ3v) is 8.66. The predicted octanol–water partition coefficient (Wildman–Crippen LogP) is 7.85. The van der Waals surface area contributed by atoms with E-state index in [1.54, 1.807) is 42.6 Å². The molecule has 5 aromatic rings. The van der Waals surface area contributed by atoms with Gasteiger partial charge in [-0.1, -0.05) is 61.5 Å². The molecule has 0 aliphatic carbocycles. The summed E-state index contributed by atoms with van der Waals surface area (Å²) in [5, 5.41) is 9.26. The molecular formula is C34H29BrN4O3S. The summed E-state index contributed by atoms with van der Waals surface area (Å²) in [5.41, 5.74) is 3.46. The van der Waals surface area contributed by atoms with Crippen LogP contribution in [0, 0.1) is 0 Å². The first-order chi connectivity index (χ1) is 20.9. The molecule has 216 valence electrons. The van der Waals surface area contributed by atoms with Crippen LogP contribution in [0.1, 0.15) is 29.3 Å². The van der Waals surface area contributed by atoms with E-state index < -0.39 is 11.8 Å². The molecule has 1 unspecified atom stereocenters. The number of rotatable bonds is 10. The average molecular weight is 654 g/mol. The SMILES string of the molecule is CCC(Sc1cccc(NC(=O)/C(=C/c2c[nH]c3ccccc23)NC(=O)c2ccccc2)c1)C(=O)Nc1ccccc1Br. The van der Waals surface area contributed by atoms with E-state index in [0.29, 0.717) is 23.4 Å². The smallest absolute Gasteiger partial charge is 0.272 e. The highest BCUT2D eigenvalue weighted by Crippen LogP contribution is 2.30. The molecular weight excluding hydrogens is 624 g/mol. The van der Waals surface area contributed by atoms with Gasteiger partial charge in [-0.2, -0.15) is 0 Å². The van der Waals surface area contributed by atoms with Crippen LogP contribution in [0.4, 0.5) is 11.4 Å². The molecule has 9 heteroatoms. The molecule has 43 heavy (non-hydrogen) atoms. The van der Waals surface area contributed by atoms with Crippen LogP contribution in [0.5, 0.6) is 0 Å². The first kappa shape index (κ1) is 29.9. The van der Waals surface area contributed by atoms with Gasteiger partial charge in [0.25, 0.3) is 11.8 Å². The van der Waals surface area contributed by atoms with Crippen molar-refractivity contribution < 1.29 is 14.4 Å². The van der Waals surface area contributed by atoms with E-state index in [2.05, 4.69) is 36.9 Å². The maximum Gasteiger partial charge on any atom is 0.272 e. The van der Waals surface area contributed by atoms with E-state index >= 15 is 0 Å². The third-order valence-electron chi connectivity index (χ3n) is 6.62. The quantitative estimate of drug-likeness (QED) is 0.0911. The minimum Gasteiger partial charge on any atom is -0.361 e. The van der Waals surface area contributed by atoms with Gasteiger partial charge in [-0.3, -0.25) is 14.4 Å². The topological polar surface area (TPSA) is 103 Å². The van der Waals surface area contributed by atoms with Crippen molar-refractivity contribution in [1.29, 1.82) is 0 Å².